The first kappa shape index (κ1) is 11.5. The molecule has 0 bridgehead atoms. The Morgan fingerprint density at radius 3 is 2.86 bits per heavy atom. The maximum absolute atomic E-state index is 11.8. The van der Waals surface area contributed by atoms with Crippen molar-refractivity contribution in [2.45, 2.75) is 33.1 Å². The fraction of sp³-hybridized carbons (Fsp3) is 0.909. The summed E-state index contributed by atoms with van der Waals surface area (Å²) in [5.74, 6) is 0.730. The maximum Gasteiger partial charge on any atom is 0.225 e. The summed E-state index contributed by atoms with van der Waals surface area (Å²) in [7, 11) is 0. The zero-order valence-corrected chi connectivity index (χ0v) is 9.20. The Kier molecular flexibility index (Phi) is 4.39. The standard InChI is InChI=1S/C11H21NO2/c1-3-4-9(2)11(14)12-6-5-10(7-12)8-13/h9-10,13H,3-8H2,1-2H3. The number of carbonyl (C=O) groups excluding carboxylic acids is 1. The van der Waals surface area contributed by atoms with E-state index < -0.39 is 0 Å². The zero-order chi connectivity index (χ0) is 10.6. The van der Waals surface area contributed by atoms with Gasteiger partial charge in [0.05, 0.1) is 0 Å². The summed E-state index contributed by atoms with van der Waals surface area (Å²) >= 11 is 0. The van der Waals surface area contributed by atoms with Gasteiger partial charge in [0.1, 0.15) is 0 Å². The first-order chi connectivity index (χ1) is 6.69. The molecule has 82 valence electrons. The molecule has 0 aromatic carbocycles. The molecule has 1 amide bonds. The van der Waals surface area contributed by atoms with Crippen molar-refractivity contribution < 1.29 is 9.90 Å². The molecule has 0 aromatic heterocycles. The van der Waals surface area contributed by atoms with Crippen molar-refractivity contribution in [2.24, 2.45) is 11.8 Å². The Bertz CT molecular complexity index is 194. The number of carbonyl (C=O) groups is 1. The minimum absolute atomic E-state index is 0.150. The smallest absolute Gasteiger partial charge is 0.225 e. The van der Waals surface area contributed by atoms with Crippen LogP contribution in [-0.4, -0.2) is 35.6 Å². The van der Waals surface area contributed by atoms with E-state index in [4.69, 9.17) is 5.11 Å². The van der Waals surface area contributed by atoms with Gasteiger partial charge in [-0.15, -0.1) is 0 Å². The molecule has 1 saturated heterocycles. The summed E-state index contributed by atoms with van der Waals surface area (Å²) in [4.78, 5) is 13.7. The molecule has 0 spiro atoms. The molecule has 0 aliphatic carbocycles. The van der Waals surface area contributed by atoms with E-state index >= 15 is 0 Å². The molecular formula is C11H21NO2. The minimum Gasteiger partial charge on any atom is -0.396 e. The number of rotatable bonds is 4. The third-order valence-electron chi connectivity index (χ3n) is 3.00. The number of nitrogens with zero attached hydrogens (tertiary/aromatic N) is 1. The average molecular weight is 199 g/mol. The molecule has 0 saturated carbocycles. The Morgan fingerprint density at radius 1 is 1.64 bits per heavy atom. The van der Waals surface area contributed by atoms with Gasteiger partial charge in [-0.1, -0.05) is 20.3 Å². The van der Waals surface area contributed by atoms with E-state index in [-0.39, 0.29) is 18.4 Å². The highest BCUT2D eigenvalue weighted by atomic mass is 16.3. The van der Waals surface area contributed by atoms with E-state index in [9.17, 15) is 4.79 Å². The van der Waals surface area contributed by atoms with Crippen molar-refractivity contribution in [1.29, 1.82) is 0 Å². The highest BCUT2D eigenvalue weighted by Gasteiger charge is 2.27. The number of hydrogen-bond acceptors (Lipinski definition) is 2. The number of likely N-dealkylation sites (tertiary alicyclic amines) is 1. The highest BCUT2D eigenvalue weighted by molar-refractivity contribution is 5.78. The summed E-state index contributed by atoms with van der Waals surface area (Å²) in [6, 6.07) is 0. The fourth-order valence-corrected chi connectivity index (χ4v) is 2.05. The fourth-order valence-electron chi connectivity index (χ4n) is 2.05. The second-order valence-electron chi connectivity index (χ2n) is 4.31. The van der Waals surface area contributed by atoms with E-state index in [1.807, 2.05) is 11.8 Å². The van der Waals surface area contributed by atoms with Crippen LogP contribution < -0.4 is 0 Å². The van der Waals surface area contributed by atoms with Crippen molar-refractivity contribution in [1.82, 2.24) is 4.90 Å². The SMILES string of the molecule is CCCC(C)C(=O)N1CCC(CO)C1. The lowest BCUT2D eigenvalue weighted by molar-refractivity contribution is -0.134. The molecule has 1 aliphatic rings. The topological polar surface area (TPSA) is 40.5 Å². The van der Waals surface area contributed by atoms with Gasteiger partial charge in [-0.3, -0.25) is 4.79 Å². The van der Waals surface area contributed by atoms with Crippen molar-refractivity contribution in [3.63, 3.8) is 0 Å². The maximum atomic E-state index is 11.8. The third kappa shape index (κ3) is 2.71. The summed E-state index contributed by atoms with van der Waals surface area (Å²) in [6.45, 7) is 5.90. The molecule has 0 radical (unpaired) electrons. The van der Waals surface area contributed by atoms with Gasteiger partial charge in [-0.2, -0.15) is 0 Å². The zero-order valence-electron chi connectivity index (χ0n) is 9.20. The van der Waals surface area contributed by atoms with E-state index in [0.29, 0.717) is 5.92 Å². The van der Waals surface area contributed by atoms with Gasteiger partial charge in [0.25, 0.3) is 0 Å². The Hall–Kier alpha value is -0.570. The lowest BCUT2D eigenvalue weighted by Crippen LogP contribution is -2.33. The molecular weight excluding hydrogens is 178 g/mol. The van der Waals surface area contributed by atoms with Crippen molar-refractivity contribution in [2.75, 3.05) is 19.7 Å². The molecule has 1 aliphatic heterocycles. The molecule has 1 N–H and O–H groups in total. The number of amides is 1. The number of aliphatic hydroxyl groups excluding tert-OH is 1. The van der Waals surface area contributed by atoms with Crippen LogP contribution in [0.4, 0.5) is 0 Å². The molecule has 0 aromatic rings. The van der Waals surface area contributed by atoms with Crippen molar-refractivity contribution in [3.05, 3.63) is 0 Å². The molecule has 1 heterocycles. The normalized spacial score (nSPS) is 23.9. The van der Waals surface area contributed by atoms with E-state index in [1.54, 1.807) is 0 Å². The Morgan fingerprint density at radius 2 is 2.36 bits per heavy atom. The summed E-state index contributed by atoms with van der Waals surface area (Å²) in [5.41, 5.74) is 0. The minimum atomic E-state index is 0.150. The van der Waals surface area contributed by atoms with E-state index in [0.717, 1.165) is 32.4 Å². The van der Waals surface area contributed by atoms with Gasteiger partial charge in [0.2, 0.25) is 5.91 Å². The summed E-state index contributed by atoms with van der Waals surface area (Å²) < 4.78 is 0. The van der Waals surface area contributed by atoms with E-state index in [2.05, 4.69) is 6.92 Å². The van der Waals surface area contributed by atoms with Crippen LogP contribution in [0.3, 0.4) is 0 Å². The van der Waals surface area contributed by atoms with Crippen LogP contribution in [0.15, 0.2) is 0 Å². The lowest BCUT2D eigenvalue weighted by Gasteiger charge is -2.20. The van der Waals surface area contributed by atoms with Gasteiger partial charge in [0.15, 0.2) is 0 Å². The largest absolute Gasteiger partial charge is 0.396 e. The molecule has 1 rings (SSSR count). The predicted molar refractivity (Wildman–Crippen MR) is 55.8 cm³/mol. The number of aliphatic hydroxyl groups is 1. The molecule has 2 atom stereocenters. The van der Waals surface area contributed by atoms with Gasteiger partial charge in [-0.25, -0.2) is 0 Å². The van der Waals surface area contributed by atoms with Crippen LogP contribution in [0, 0.1) is 11.8 Å². The second-order valence-corrected chi connectivity index (χ2v) is 4.31. The van der Waals surface area contributed by atoms with Gasteiger partial charge < -0.3 is 10.0 Å². The van der Waals surface area contributed by atoms with Crippen LogP contribution in [0.25, 0.3) is 0 Å². The Labute approximate surface area is 86.1 Å². The van der Waals surface area contributed by atoms with Crippen LogP contribution in [0.1, 0.15) is 33.1 Å². The lowest BCUT2D eigenvalue weighted by atomic mass is 10.1. The van der Waals surface area contributed by atoms with E-state index in [1.165, 1.54) is 0 Å². The third-order valence-corrected chi connectivity index (χ3v) is 3.00. The van der Waals surface area contributed by atoms with Crippen LogP contribution in [0.2, 0.25) is 0 Å². The van der Waals surface area contributed by atoms with Gasteiger partial charge in [0, 0.05) is 31.5 Å². The van der Waals surface area contributed by atoms with Crippen LogP contribution in [-0.2, 0) is 4.79 Å². The monoisotopic (exact) mass is 199 g/mol. The van der Waals surface area contributed by atoms with Crippen molar-refractivity contribution in [3.8, 4) is 0 Å². The summed E-state index contributed by atoms with van der Waals surface area (Å²) in [6.07, 6.45) is 2.99. The second kappa shape index (κ2) is 5.35. The highest BCUT2D eigenvalue weighted by Crippen LogP contribution is 2.19. The summed E-state index contributed by atoms with van der Waals surface area (Å²) in [5, 5.41) is 8.97. The van der Waals surface area contributed by atoms with Crippen LogP contribution in [0.5, 0.6) is 0 Å². The first-order valence-electron chi connectivity index (χ1n) is 5.58. The molecule has 1 fully saturated rings. The van der Waals surface area contributed by atoms with Gasteiger partial charge >= 0.3 is 0 Å². The average Bonchev–Trinajstić information content (AvgIpc) is 2.65. The van der Waals surface area contributed by atoms with Crippen molar-refractivity contribution >= 4 is 5.91 Å². The molecule has 3 heteroatoms. The molecule has 2 unspecified atom stereocenters. The predicted octanol–water partition coefficient (Wildman–Crippen LogP) is 1.26. The quantitative estimate of drug-likeness (QED) is 0.740. The molecule has 14 heavy (non-hydrogen) atoms. The Balaban J connectivity index is 2.38. The number of hydrogen-bond donors (Lipinski definition) is 1. The van der Waals surface area contributed by atoms with Crippen LogP contribution >= 0.6 is 0 Å². The van der Waals surface area contributed by atoms with Gasteiger partial charge in [-0.05, 0) is 12.8 Å². The first-order valence-corrected chi connectivity index (χ1v) is 5.58. The molecule has 3 nitrogen and oxygen atoms in total.